The molecular weight excluding hydrogens is 324 g/mol. The molecule has 7 nitrogen and oxygen atoms in total. The van der Waals surface area contributed by atoms with Gasteiger partial charge in [0.2, 0.25) is 5.91 Å². The smallest absolute Gasteiger partial charge is 0.410 e. The van der Waals surface area contributed by atoms with E-state index in [4.69, 9.17) is 21.1 Å². The second-order valence-corrected chi connectivity index (χ2v) is 5.97. The third-order valence-electron chi connectivity index (χ3n) is 4.17. The number of likely N-dealkylation sites (tertiary alicyclic amines) is 2. The summed E-state index contributed by atoms with van der Waals surface area (Å²) in [5, 5.41) is 0. The van der Waals surface area contributed by atoms with Gasteiger partial charge in [0.05, 0.1) is 12.5 Å². The van der Waals surface area contributed by atoms with E-state index in [0.29, 0.717) is 25.9 Å². The zero-order valence-electron chi connectivity index (χ0n) is 13.3. The minimum absolute atomic E-state index is 0.118. The highest BCUT2D eigenvalue weighted by Gasteiger charge is 2.42. The molecule has 0 aromatic rings. The lowest BCUT2D eigenvalue weighted by molar-refractivity contribution is -0.154. The minimum atomic E-state index is -0.562. The molecule has 0 aromatic carbocycles. The van der Waals surface area contributed by atoms with Gasteiger partial charge >= 0.3 is 12.1 Å². The van der Waals surface area contributed by atoms with Crippen LogP contribution in [0.15, 0.2) is 0 Å². The van der Waals surface area contributed by atoms with Crippen molar-refractivity contribution in [2.45, 2.75) is 44.7 Å². The fourth-order valence-electron chi connectivity index (χ4n) is 3.16. The number of hydrogen-bond donors (Lipinski definition) is 0. The van der Waals surface area contributed by atoms with E-state index in [-0.39, 0.29) is 31.0 Å². The Bertz CT molecular complexity index is 459. The molecule has 2 unspecified atom stereocenters. The molecule has 2 amide bonds. The van der Waals surface area contributed by atoms with Crippen molar-refractivity contribution >= 4 is 29.6 Å². The normalized spacial score (nSPS) is 23.9. The number of alkyl halides is 1. The average molecular weight is 347 g/mol. The van der Waals surface area contributed by atoms with Gasteiger partial charge in [-0.3, -0.25) is 9.69 Å². The molecule has 0 radical (unpaired) electrons. The van der Waals surface area contributed by atoms with Crippen molar-refractivity contribution in [1.29, 1.82) is 0 Å². The van der Waals surface area contributed by atoms with Crippen LogP contribution >= 0.6 is 11.6 Å². The molecule has 2 fully saturated rings. The molecule has 2 rings (SSSR count). The second-order valence-electron chi connectivity index (χ2n) is 5.60. The Hall–Kier alpha value is -1.50. The van der Waals surface area contributed by atoms with Gasteiger partial charge in [0.25, 0.3) is 0 Å². The number of hydrogen-bond acceptors (Lipinski definition) is 5. The zero-order valence-corrected chi connectivity index (χ0v) is 14.1. The van der Waals surface area contributed by atoms with Gasteiger partial charge in [0.1, 0.15) is 18.7 Å². The summed E-state index contributed by atoms with van der Waals surface area (Å²) in [7, 11) is 0. The summed E-state index contributed by atoms with van der Waals surface area (Å²) in [6.45, 7) is 3.15. The standard InChI is InChI=1S/C15H23ClN2O5/c1-2-22-14(20)12-6-4-8-17(12)13(19)11-5-3-9-18(11)15(21)23-10-7-16/h11-12H,2-10H2,1H3. The molecule has 0 aromatic heterocycles. The molecule has 0 aliphatic carbocycles. The maximum Gasteiger partial charge on any atom is 0.410 e. The Morgan fingerprint density at radius 1 is 1.04 bits per heavy atom. The molecule has 23 heavy (non-hydrogen) atoms. The van der Waals surface area contributed by atoms with Crippen LogP contribution in [0.4, 0.5) is 4.79 Å². The van der Waals surface area contributed by atoms with Gasteiger partial charge in [-0.2, -0.15) is 0 Å². The largest absolute Gasteiger partial charge is 0.464 e. The first-order valence-electron chi connectivity index (χ1n) is 8.06. The Morgan fingerprint density at radius 2 is 1.70 bits per heavy atom. The maximum absolute atomic E-state index is 12.8. The van der Waals surface area contributed by atoms with Crippen LogP contribution in [0, 0.1) is 0 Å². The van der Waals surface area contributed by atoms with Crippen molar-refractivity contribution in [1.82, 2.24) is 9.80 Å². The predicted molar refractivity (Wildman–Crippen MR) is 83.2 cm³/mol. The molecular formula is C15H23ClN2O5. The first kappa shape index (κ1) is 17.8. The summed E-state index contributed by atoms with van der Waals surface area (Å²) >= 11 is 5.52. The number of rotatable bonds is 5. The average Bonchev–Trinajstić information content (AvgIpc) is 3.20. The molecule has 0 spiro atoms. The van der Waals surface area contributed by atoms with Gasteiger partial charge in [-0.1, -0.05) is 0 Å². The van der Waals surface area contributed by atoms with Gasteiger partial charge in [-0.25, -0.2) is 9.59 Å². The first-order chi connectivity index (χ1) is 11.1. The SMILES string of the molecule is CCOC(=O)C1CCCN1C(=O)C1CCCN1C(=O)OCCCl. The van der Waals surface area contributed by atoms with Gasteiger partial charge in [-0.05, 0) is 32.6 Å². The van der Waals surface area contributed by atoms with Crippen molar-refractivity contribution < 1.29 is 23.9 Å². The van der Waals surface area contributed by atoms with E-state index < -0.39 is 18.2 Å². The molecule has 2 saturated heterocycles. The van der Waals surface area contributed by atoms with Crippen LogP contribution in [0.25, 0.3) is 0 Å². The first-order valence-corrected chi connectivity index (χ1v) is 8.60. The van der Waals surface area contributed by atoms with Crippen molar-refractivity contribution in [3.63, 3.8) is 0 Å². The van der Waals surface area contributed by atoms with Crippen LogP contribution in [0.3, 0.4) is 0 Å². The molecule has 2 heterocycles. The summed E-state index contributed by atoms with van der Waals surface area (Å²) < 4.78 is 10.1. The molecule has 0 bridgehead atoms. The lowest BCUT2D eigenvalue weighted by Gasteiger charge is -2.30. The number of carbonyl (C=O) groups excluding carboxylic acids is 3. The van der Waals surface area contributed by atoms with Crippen LogP contribution in [-0.2, 0) is 19.1 Å². The van der Waals surface area contributed by atoms with Gasteiger partial charge in [0.15, 0.2) is 0 Å². The van der Waals surface area contributed by atoms with E-state index >= 15 is 0 Å². The number of amides is 2. The van der Waals surface area contributed by atoms with Gasteiger partial charge in [-0.15, -0.1) is 11.6 Å². The van der Waals surface area contributed by atoms with Crippen molar-refractivity contribution in [3.05, 3.63) is 0 Å². The van der Waals surface area contributed by atoms with Crippen molar-refractivity contribution in [2.24, 2.45) is 0 Å². The molecule has 130 valence electrons. The van der Waals surface area contributed by atoms with E-state index in [0.717, 1.165) is 12.8 Å². The number of esters is 1. The third kappa shape index (κ3) is 4.07. The highest BCUT2D eigenvalue weighted by Crippen LogP contribution is 2.25. The van der Waals surface area contributed by atoms with Crippen LogP contribution < -0.4 is 0 Å². The predicted octanol–water partition coefficient (Wildman–Crippen LogP) is 1.38. The summed E-state index contributed by atoms with van der Waals surface area (Å²) in [5.74, 6) is -0.344. The number of carbonyl (C=O) groups is 3. The summed E-state index contributed by atoms with van der Waals surface area (Å²) in [6, 6.07) is -1.10. The third-order valence-corrected chi connectivity index (χ3v) is 4.32. The van der Waals surface area contributed by atoms with Crippen LogP contribution in [0.5, 0.6) is 0 Å². The minimum Gasteiger partial charge on any atom is -0.464 e. The van der Waals surface area contributed by atoms with Crippen LogP contribution in [0.1, 0.15) is 32.6 Å². The van der Waals surface area contributed by atoms with Crippen molar-refractivity contribution in [3.8, 4) is 0 Å². The monoisotopic (exact) mass is 346 g/mol. The molecule has 2 atom stereocenters. The van der Waals surface area contributed by atoms with E-state index in [9.17, 15) is 14.4 Å². The van der Waals surface area contributed by atoms with Crippen molar-refractivity contribution in [2.75, 3.05) is 32.2 Å². The highest BCUT2D eigenvalue weighted by atomic mass is 35.5. The maximum atomic E-state index is 12.8. The molecule has 2 aliphatic heterocycles. The zero-order chi connectivity index (χ0) is 16.8. The van der Waals surface area contributed by atoms with E-state index in [1.807, 2.05) is 0 Å². The molecule has 0 N–H and O–H groups in total. The van der Waals surface area contributed by atoms with Gasteiger partial charge < -0.3 is 14.4 Å². The molecule has 2 aliphatic rings. The van der Waals surface area contributed by atoms with E-state index in [1.54, 1.807) is 11.8 Å². The van der Waals surface area contributed by atoms with Crippen LogP contribution in [-0.4, -0.2) is 72.0 Å². The topological polar surface area (TPSA) is 76.2 Å². The Labute approximate surface area is 140 Å². The summed E-state index contributed by atoms with van der Waals surface area (Å²) in [6.07, 6.45) is 2.17. The number of halogens is 1. The lowest BCUT2D eigenvalue weighted by atomic mass is 10.1. The fraction of sp³-hybridized carbons (Fsp3) is 0.800. The van der Waals surface area contributed by atoms with Crippen LogP contribution in [0.2, 0.25) is 0 Å². The fourth-order valence-corrected chi connectivity index (χ4v) is 3.23. The summed E-state index contributed by atoms with van der Waals surface area (Å²) in [5.41, 5.74) is 0. The quantitative estimate of drug-likeness (QED) is 0.555. The summed E-state index contributed by atoms with van der Waals surface area (Å²) in [4.78, 5) is 39.8. The molecule has 0 saturated carbocycles. The molecule has 8 heteroatoms. The highest BCUT2D eigenvalue weighted by molar-refractivity contribution is 6.18. The number of nitrogens with zero attached hydrogens (tertiary/aromatic N) is 2. The lowest BCUT2D eigenvalue weighted by Crippen LogP contribution is -2.51. The Morgan fingerprint density at radius 3 is 2.35 bits per heavy atom. The Kier molecular flexibility index (Phi) is 6.50. The van der Waals surface area contributed by atoms with Gasteiger partial charge in [0, 0.05) is 13.1 Å². The van der Waals surface area contributed by atoms with E-state index in [1.165, 1.54) is 4.90 Å². The Balaban J connectivity index is 2.03. The van der Waals surface area contributed by atoms with E-state index in [2.05, 4.69) is 0 Å². The second kappa shape index (κ2) is 8.38. The number of ether oxygens (including phenoxy) is 2.